The van der Waals surface area contributed by atoms with Gasteiger partial charge in [0.2, 0.25) is 0 Å². The van der Waals surface area contributed by atoms with E-state index < -0.39 is 0 Å². The van der Waals surface area contributed by atoms with Gasteiger partial charge in [0.25, 0.3) is 0 Å². The molecule has 10 heavy (non-hydrogen) atoms. The maximum Gasteiger partial charge on any atom is 0.0384 e. The van der Waals surface area contributed by atoms with Crippen molar-refractivity contribution in [1.29, 1.82) is 0 Å². The predicted molar refractivity (Wildman–Crippen MR) is 47.7 cm³/mol. The highest BCUT2D eigenvalue weighted by molar-refractivity contribution is 6.18. The fourth-order valence-electron chi connectivity index (χ4n) is 1.14. The fourth-order valence-corrected chi connectivity index (χ4v) is 1.88. The number of rotatable bonds is 2. The molecule has 0 heterocycles. The highest BCUT2D eigenvalue weighted by Crippen LogP contribution is 2.23. The first-order chi connectivity index (χ1) is 4.39. The standard InChI is InChI=1S/C8H18ClN/c1-8(2,3)7(6-9)10(4)5/h7H,6H2,1-5H3. The van der Waals surface area contributed by atoms with E-state index in [1.54, 1.807) is 0 Å². The second-order valence-electron chi connectivity index (χ2n) is 4.00. The predicted octanol–water partition coefficient (Wildman–Crippen LogP) is 2.20. The number of hydrogen-bond donors (Lipinski definition) is 0. The summed E-state index contributed by atoms with van der Waals surface area (Å²) < 4.78 is 0. The van der Waals surface area contributed by atoms with Crippen molar-refractivity contribution in [3.05, 3.63) is 0 Å². The minimum atomic E-state index is 0.283. The molecule has 0 rings (SSSR count). The van der Waals surface area contributed by atoms with Crippen LogP contribution in [0.15, 0.2) is 0 Å². The van der Waals surface area contributed by atoms with Crippen molar-refractivity contribution in [2.45, 2.75) is 26.8 Å². The lowest BCUT2D eigenvalue weighted by Gasteiger charge is -2.34. The van der Waals surface area contributed by atoms with Crippen LogP contribution in [0, 0.1) is 5.41 Å². The smallest absolute Gasteiger partial charge is 0.0384 e. The van der Waals surface area contributed by atoms with Gasteiger partial charge in [0.05, 0.1) is 0 Å². The summed E-state index contributed by atoms with van der Waals surface area (Å²) in [5.41, 5.74) is 0.283. The molecule has 62 valence electrons. The summed E-state index contributed by atoms with van der Waals surface area (Å²) >= 11 is 5.81. The van der Waals surface area contributed by atoms with Gasteiger partial charge in [-0.25, -0.2) is 0 Å². The Morgan fingerprint density at radius 2 is 1.70 bits per heavy atom. The molecule has 0 N–H and O–H groups in total. The van der Waals surface area contributed by atoms with Crippen LogP contribution in [0.2, 0.25) is 0 Å². The molecule has 0 aromatic heterocycles. The molecule has 0 saturated carbocycles. The number of hydrogen-bond acceptors (Lipinski definition) is 1. The van der Waals surface area contributed by atoms with E-state index in [1.807, 2.05) is 0 Å². The van der Waals surface area contributed by atoms with Crippen molar-refractivity contribution < 1.29 is 0 Å². The summed E-state index contributed by atoms with van der Waals surface area (Å²) in [5.74, 6) is 0.705. The van der Waals surface area contributed by atoms with Crippen LogP contribution in [0.1, 0.15) is 20.8 Å². The molecular weight excluding hydrogens is 146 g/mol. The Labute approximate surface area is 69.4 Å². The zero-order valence-electron chi connectivity index (χ0n) is 7.61. The van der Waals surface area contributed by atoms with Crippen LogP contribution in [0.5, 0.6) is 0 Å². The van der Waals surface area contributed by atoms with E-state index in [-0.39, 0.29) is 5.41 Å². The molecule has 0 aliphatic rings. The van der Waals surface area contributed by atoms with E-state index in [4.69, 9.17) is 11.6 Å². The first-order valence-electron chi connectivity index (χ1n) is 3.62. The maximum absolute atomic E-state index is 5.81. The second-order valence-corrected chi connectivity index (χ2v) is 4.31. The molecular formula is C8H18ClN. The first-order valence-corrected chi connectivity index (χ1v) is 4.15. The molecule has 1 unspecified atom stereocenters. The summed E-state index contributed by atoms with van der Waals surface area (Å²) in [4.78, 5) is 2.17. The Bertz CT molecular complexity index is 93.9. The third-order valence-electron chi connectivity index (χ3n) is 1.77. The van der Waals surface area contributed by atoms with Gasteiger partial charge in [-0.3, -0.25) is 0 Å². The summed E-state index contributed by atoms with van der Waals surface area (Å²) in [6, 6.07) is 0.467. The van der Waals surface area contributed by atoms with Crippen LogP contribution in [0.25, 0.3) is 0 Å². The number of halogens is 1. The lowest BCUT2D eigenvalue weighted by atomic mass is 9.87. The highest BCUT2D eigenvalue weighted by atomic mass is 35.5. The van der Waals surface area contributed by atoms with Gasteiger partial charge >= 0.3 is 0 Å². The molecule has 1 atom stereocenters. The van der Waals surface area contributed by atoms with Crippen LogP contribution in [0.4, 0.5) is 0 Å². The molecule has 0 radical (unpaired) electrons. The Morgan fingerprint density at radius 3 is 1.70 bits per heavy atom. The SMILES string of the molecule is CN(C)C(CCl)C(C)(C)C. The molecule has 1 nitrogen and oxygen atoms in total. The van der Waals surface area contributed by atoms with Gasteiger partial charge < -0.3 is 4.90 Å². The Kier molecular flexibility index (Phi) is 3.68. The van der Waals surface area contributed by atoms with E-state index in [1.165, 1.54) is 0 Å². The first kappa shape index (κ1) is 10.2. The summed E-state index contributed by atoms with van der Waals surface area (Å²) in [6.45, 7) is 6.63. The molecule has 2 heteroatoms. The molecule has 0 aliphatic heterocycles. The summed E-state index contributed by atoms with van der Waals surface area (Å²) in [7, 11) is 4.14. The van der Waals surface area contributed by atoms with E-state index in [2.05, 4.69) is 39.8 Å². The minimum Gasteiger partial charge on any atom is -0.305 e. The van der Waals surface area contributed by atoms with Crippen LogP contribution in [-0.2, 0) is 0 Å². The average Bonchev–Trinajstić information content (AvgIpc) is 1.60. The van der Waals surface area contributed by atoms with E-state index in [0.717, 1.165) is 0 Å². The molecule has 0 spiro atoms. The topological polar surface area (TPSA) is 3.24 Å². The molecule has 0 aromatic rings. The van der Waals surface area contributed by atoms with Crippen LogP contribution in [-0.4, -0.2) is 30.9 Å². The zero-order chi connectivity index (χ0) is 8.36. The molecule has 0 saturated heterocycles. The average molecular weight is 164 g/mol. The van der Waals surface area contributed by atoms with Gasteiger partial charge in [0, 0.05) is 11.9 Å². The largest absolute Gasteiger partial charge is 0.305 e. The van der Waals surface area contributed by atoms with Crippen molar-refractivity contribution >= 4 is 11.6 Å². The quantitative estimate of drug-likeness (QED) is 0.565. The van der Waals surface area contributed by atoms with Crippen LogP contribution >= 0.6 is 11.6 Å². The molecule has 0 amide bonds. The van der Waals surface area contributed by atoms with E-state index in [9.17, 15) is 0 Å². The Hall–Kier alpha value is 0.250. The van der Waals surface area contributed by atoms with Gasteiger partial charge in [-0.05, 0) is 19.5 Å². The van der Waals surface area contributed by atoms with Gasteiger partial charge in [0.15, 0.2) is 0 Å². The highest BCUT2D eigenvalue weighted by Gasteiger charge is 2.24. The van der Waals surface area contributed by atoms with Crippen LogP contribution in [0.3, 0.4) is 0 Å². The van der Waals surface area contributed by atoms with E-state index in [0.29, 0.717) is 11.9 Å². The van der Waals surface area contributed by atoms with Gasteiger partial charge in [-0.15, -0.1) is 11.6 Å². The monoisotopic (exact) mass is 163 g/mol. The van der Waals surface area contributed by atoms with Crippen molar-refractivity contribution in [2.24, 2.45) is 5.41 Å². The Morgan fingerprint density at radius 1 is 1.30 bits per heavy atom. The summed E-state index contributed by atoms with van der Waals surface area (Å²) in [5, 5.41) is 0. The van der Waals surface area contributed by atoms with Crippen molar-refractivity contribution in [2.75, 3.05) is 20.0 Å². The third-order valence-corrected chi connectivity index (χ3v) is 2.06. The minimum absolute atomic E-state index is 0.283. The summed E-state index contributed by atoms with van der Waals surface area (Å²) in [6.07, 6.45) is 0. The lowest BCUT2D eigenvalue weighted by Crippen LogP contribution is -2.40. The third kappa shape index (κ3) is 2.89. The fraction of sp³-hybridized carbons (Fsp3) is 1.00. The lowest BCUT2D eigenvalue weighted by molar-refractivity contribution is 0.172. The number of alkyl halides is 1. The maximum atomic E-state index is 5.81. The molecule has 0 aromatic carbocycles. The number of nitrogens with zero attached hydrogens (tertiary/aromatic N) is 1. The van der Waals surface area contributed by atoms with Crippen molar-refractivity contribution in [1.82, 2.24) is 4.90 Å². The second kappa shape index (κ2) is 3.59. The Balaban J connectivity index is 4.07. The van der Waals surface area contributed by atoms with Gasteiger partial charge in [0.1, 0.15) is 0 Å². The molecule has 0 aliphatic carbocycles. The normalized spacial score (nSPS) is 15.9. The molecule has 0 fully saturated rings. The van der Waals surface area contributed by atoms with E-state index >= 15 is 0 Å². The zero-order valence-corrected chi connectivity index (χ0v) is 8.37. The van der Waals surface area contributed by atoms with Crippen LogP contribution < -0.4 is 0 Å². The molecule has 0 bridgehead atoms. The van der Waals surface area contributed by atoms with Gasteiger partial charge in [-0.2, -0.15) is 0 Å². The van der Waals surface area contributed by atoms with Gasteiger partial charge in [-0.1, -0.05) is 20.8 Å². The van der Waals surface area contributed by atoms with Crippen molar-refractivity contribution in [3.8, 4) is 0 Å². The van der Waals surface area contributed by atoms with Crippen molar-refractivity contribution in [3.63, 3.8) is 0 Å².